The predicted molar refractivity (Wildman–Crippen MR) is 124 cm³/mol. The maximum Gasteiger partial charge on any atom is 0.221 e. The summed E-state index contributed by atoms with van der Waals surface area (Å²) in [5.74, 6) is 1.10. The summed E-state index contributed by atoms with van der Waals surface area (Å²) in [6.45, 7) is 9.33. The van der Waals surface area contributed by atoms with E-state index in [9.17, 15) is 4.79 Å². The zero-order valence-electron chi connectivity index (χ0n) is 18.3. The molecular formula is C24H34N4O2. The van der Waals surface area contributed by atoms with E-state index >= 15 is 0 Å². The van der Waals surface area contributed by atoms with Crippen LogP contribution < -0.4 is 16.0 Å². The topological polar surface area (TPSA) is 74.8 Å². The van der Waals surface area contributed by atoms with Gasteiger partial charge in [-0.15, -0.1) is 0 Å². The highest BCUT2D eigenvalue weighted by Gasteiger charge is 2.04. The van der Waals surface area contributed by atoms with Crippen LogP contribution in [0.4, 0.5) is 5.69 Å². The third-order valence-corrected chi connectivity index (χ3v) is 4.40. The van der Waals surface area contributed by atoms with E-state index in [1.165, 1.54) is 18.1 Å². The van der Waals surface area contributed by atoms with Crippen LogP contribution >= 0.6 is 0 Å². The third kappa shape index (κ3) is 9.56. The minimum Gasteiger partial charge on any atom is -0.376 e. The number of guanidine groups is 1. The number of ether oxygens (including phenoxy) is 1. The van der Waals surface area contributed by atoms with Crippen LogP contribution in [0.2, 0.25) is 0 Å². The Morgan fingerprint density at radius 1 is 1.03 bits per heavy atom. The summed E-state index contributed by atoms with van der Waals surface area (Å²) < 4.78 is 5.81. The molecule has 0 heterocycles. The molecule has 2 aromatic carbocycles. The normalized spacial score (nSPS) is 12.3. The van der Waals surface area contributed by atoms with Crippen LogP contribution in [0.1, 0.15) is 31.9 Å². The molecule has 2 rings (SSSR count). The second kappa shape index (κ2) is 13.4. The molecule has 162 valence electrons. The highest BCUT2D eigenvalue weighted by Crippen LogP contribution is 2.09. The summed E-state index contributed by atoms with van der Waals surface area (Å²) in [5, 5.41) is 9.45. The molecule has 0 saturated carbocycles. The molecule has 2 aromatic rings. The van der Waals surface area contributed by atoms with E-state index in [1.807, 2.05) is 42.5 Å². The van der Waals surface area contributed by atoms with Crippen molar-refractivity contribution in [2.75, 3.05) is 31.6 Å². The molecular weight excluding hydrogens is 376 g/mol. The number of anilines is 1. The third-order valence-electron chi connectivity index (χ3n) is 4.40. The maximum absolute atomic E-state index is 11.1. The molecule has 0 radical (unpaired) electrons. The minimum atomic E-state index is -0.0596. The van der Waals surface area contributed by atoms with Crippen molar-refractivity contribution in [1.82, 2.24) is 10.6 Å². The van der Waals surface area contributed by atoms with Crippen molar-refractivity contribution >= 4 is 17.6 Å². The van der Waals surface area contributed by atoms with E-state index in [0.717, 1.165) is 31.2 Å². The Balaban J connectivity index is 1.71. The lowest BCUT2D eigenvalue weighted by atomic mass is 10.1. The van der Waals surface area contributed by atoms with E-state index in [2.05, 4.69) is 46.9 Å². The van der Waals surface area contributed by atoms with Gasteiger partial charge in [0.1, 0.15) is 0 Å². The zero-order chi connectivity index (χ0) is 21.6. The fourth-order valence-electron chi connectivity index (χ4n) is 2.88. The van der Waals surface area contributed by atoms with Gasteiger partial charge in [0.05, 0.1) is 13.2 Å². The Morgan fingerprint density at radius 3 is 2.43 bits per heavy atom. The van der Waals surface area contributed by atoms with Crippen molar-refractivity contribution in [2.24, 2.45) is 10.9 Å². The van der Waals surface area contributed by atoms with Gasteiger partial charge in [-0.1, -0.05) is 49.4 Å². The van der Waals surface area contributed by atoms with E-state index < -0.39 is 0 Å². The van der Waals surface area contributed by atoms with Gasteiger partial charge < -0.3 is 20.7 Å². The molecule has 6 nitrogen and oxygen atoms in total. The molecule has 0 aliphatic rings. The molecule has 0 fully saturated rings. The Hall–Kier alpha value is -2.86. The van der Waals surface area contributed by atoms with E-state index in [4.69, 9.17) is 4.74 Å². The molecule has 0 aromatic heterocycles. The molecule has 30 heavy (non-hydrogen) atoms. The predicted octanol–water partition coefficient (Wildman–Crippen LogP) is 3.60. The van der Waals surface area contributed by atoms with Gasteiger partial charge in [-0.25, -0.2) is 0 Å². The average molecular weight is 411 g/mol. The van der Waals surface area contributed by atoms with Crippen LogP contribution in [0.25, 0.3) is 0 Å². The van der Waals surface area contributed by atoms with Gasteiger partial charge in [-0.2, -0.15) is 0 Å². The molecule has 0 spiro atoms. The van der Waals surface area contributed by atoms with Crippen molar-refractivity contribution in [1.29, 1.82) is 0 Å². The first-order valence-corrected chi connectivity index (χ1v) is 10.6. The van der Waals surface area contributed by atoms with Crippen LogP contribution in [0, 0.1) is 5.92 Å². The first-order valence-electron chi connectivity index (χ1n) is 10.6. The maximum atomic E-state index is 11.1. The number of aliphatic imine (C=N–C) groups is 1. The Morgan fingerprint density at radius 2 is 1.77 bits per heavy atom. The molecule has 1 unspecified atom stereocenters. The number of amides is 1. The highest BCUT2D eigenvalue weighted by molar-refractivity contribution is 5.88. The van der Waals surface area contributed by atoms with E-state index in [1.54, 1.807) is 0 Å². The number of hydrogen-bond acceptors (Lipinski definition) is 3. The summed E-state index contributed by atoms with van der Waals surface area (Å²) in [7, 11) is 0. The van der Waals surface area contributed by atoms with E-state index in [-0.39, 0.29) is 5.91 Å². The molecule has 1 amide bonds. The molecule has 3 N–H and O–H groups in total. The highest BCUT2D eigenvalue weighted by atomic mass is 16.5. The summed E-state index contributed by atoms with van der Waals surface area (Å²) in [4.78, 5) is 15.8. The summed E-state index contributed by atoms with van der Waals surface area (Å²) in [6, 6.07) is 18.1. The second-order valence-corrected chi connectivity index (χ2v) is 7.38. The van der Waals surface area contributed by atoms with Gasteiger partial charge in [0.2, 0.25) is 5.91 Å². The van der Waals surface area contributed by atoms with Crippen molar-refractivity contribution in [3.8, 4) is 0 Å². The number of nitrogens with one attached hydrogen (secondary N) is 3. The van der Waals surface area contributed by atoms with Crippen molar-refractivity contribution in [3.63, 3.8) is 0 Å². The fourth-order valence-corrected chi connectivity index (χ4v) is 2.88. The molecule has 1 atom stereocenters. The zero-order valence-corrected chi connectivity index (χ0v) is 18.3. The second-order valence-electron chi connectivity index (χ2n) is 7.38. The average Bonchev–Trinajstić information content (AvgIpc) is 2.73. The van der Waals surface area contributed by atoms with Crippen LogP contribution in [0.5, 0.6) is 0 Å². The lowest BCUT2D eigenvalue weighted by Crippen LogP contribution is -2.38. The number of hydrogen-bond donors (Lipinski definition) is 3. The number of carbonyl (C=O) groups is 1. The van der Waals surface area contributed by atoms with Gasteiger partial charge in [0, 0.05) is 32.2 Å². The van der Waals surface area contributed by atoms with Crippen LogP contribution in [0.3, 0.4) is 0 Å². The standard InChI is InChI=1S/C24H34N4O2/c1-4-25-24(26-15-14-21-10-12-23(13-11-21)28-20(3)29)27-16-19(2)17-30-18-22-8-6-5-7-9-22/h5-13,19H,4,14-18H2,1-3H3,(H,28,29)(H2,25,26,27). The molecule has 6 heteroatoms. The smallest absolute Gasteiger partial charge is 0.221 e. The van der Waals surface area contributed by atoms with Gasteiger partial charge in [-0.3, -0.25) is 9.79 Å². The monoisotopic (exact) mass is 410 g/mol. The number of carbonyl (C=O) groups excluding carboxylic acids is 1. The van der Waals surface area contributed by atoms with Gasteiger partial charge in [-0.05, 0) is 42.5 Å². The van der Waals surface area contributed by atoms with Crippen LogP contribution in [-0.4, -0.2) is 38.1 Å². The molecule has 0 aliphatic heterocycles. The lowest BCUT2D eigenvalue weighted by molar-refractivity contribution is -0.114. The van der Waals surface area contributed by atoms with Crippen molar-refractivity contribution < 1.29 is 9.53 Å². The Labute approximate surface area is 180 Å². The Bertz CT molecular complexity index is 776. The van der Waals surface area contributed by atoms with Crippen LogP contribution in [-0.2, 0) is 22.6 Å². The first kappa shape index (κ1) is 23.4. The van der Waals surface area contributed by atoms with Gasteiger partial charge >= 0.3 is 0 Å². The van der Waals surface area contributed by atoms with Crippen LogP contribution in [0.15, 0.2) is 59.6 Å². The number of rotatable bonds is 11. The first-order chi connectivity index (χ1) is 14.6. The van der Waals surface area contributed by atoms with Crippen molar-refractivity contribution in [2.45, 2.75) is 33.8 Å². The number of benzene rings is 2. The summed E-state index contributed by atoms with van der Waals surface area (Å²) in [5.41, 5.74) is 3.21. The fraction of sp³-hybridized carbons (Fsp3) is 0.417. The SMILES string of the molecule is CCNC(=NCC(C)COCc1ccccc1)NCCc1ccc(NC(C)=O)cc1. The minimum absolute atomic E-state index is 0.0596. The van der Waals surface area contributed by atoms with E-state index in [0.29, 0.717) is 25.7 Å². The van der Waals surface area contributed by atoms with Crippen molar-refractivity contribution in [3.05, 3.63) is 65.7 Å². The summed E-state index contributed by atoms with van der Waals surface area (Å²) in [6.07, 6.45) is 0.876. The lowest BCUT2D eigenvalue weighted by Gasteiger charge is -2.14. The largest absolute Gasteiger partial charge is 0.376 e. The van der Waals surface area contributed by atoms with Gasteiger partial charge in [0.25, 0.3) is 0 Å². The molecule has 0 saturated heterocycles. The molecule has 0 aliphatic carbocycles. The summed E-state index contributed by atoms with van der Waals surface area (Å²) >= 11 is 0. The van der Waals surface area contributed by atoms with Gasteiger partial charge in [0.15, 0.2) is 5.96 Å². The Kier molecular flexibility index (Phi) is 10.4. The number of nitrogens with zero attached hydrogens (tertiary/aromatic N) is 1. The molecule has 0 bridgehead atoms. The quantitative estimate of drug-likeness (QED) is 0.391.